The first-order chi connectivity index (χ1) is 18.4. The number of para-hydroxylation sites is 1. The highest BCUT2D eigenvalue weighted by molar-refractivity contribution is 7.46. The van der Waals surface area contributed by atoms with E-state index in [9.17, 15) is 19.5 Å². The number of pyridine rings is 1. The first kappa shape index (κ1) is 31.8. The van der Waals surface area contributed by atoms with Crippen molar-refractivity contribution in [2.75, 3.05) is 5.73 Å². The summed E-state index contributed by atoms with van der Waals surface area (Å²) in [5, 5.41) is 11.6. The van der Waals surface area contributed by atoms with Gasteiger partial charge in [0, 0.05) is 17.4 Å². The SMILES string of the molecule is C=C.CC.CCCCc1nc2c(N)nc3cc(C(C)(C)C)ccc3c2n1Cc1cccc(OP(=O)(O)O)c1O. The van der Waals surface area contributed by atoms with E-state index in [0.717, 1.165) is 40.6 Å². The van der Waals surface area contributed by atoms with Crippen molar-refractivity contribution in [3.05, 3.63) is 66.5 Å². The summed E-state index contributed by atoms with van der Waals surface area (Å²) in [4.78, 5) is 27.8. The van der Waals surface area contributed by atoms with Crippen molar-refractivity contribution in [1.29, 1.82) is 0 Å². The maximum absolute atomic E-state index is 11.3. The number of phosphoric acid groups is 1. The molecule has 0 aliphatic carbocycles. The lowest BCUT2D eigenvalue weighted by Gasteiger charge is -2.19. The molecule has 0 aliphatic heterocycles. The zero-order valence-corrected chi connectivity index (χ0v) is 24.6. The fourth-order valence-corrected chi connectivity index (χ4v) is 4.59. The smallest absolute Gasteiger partial charge is 0.504 e. The van der Waals surface area contributed by atoms with Crippen molar-refractivity contribution in [1.82, 2.24) is 14.5 Å². The van der Waals surface area contributed by atoms with Crippen molar-refractivity contribution >= 4 is 35.6 Å². The minimum absolute atomic E-state index is 0.0583. The summed E-state index contributed by atoms with van der Waals surface area (Å²) in [6.45, 7) is 18.7. The minimum atomic E-state index is -4.83. The van der Waals surface area contributed by atoms with Gasteiger partial charge in [0.05, 0.1) is 17.6 Å². The molecule has 39 heavy (non-hydrogen) atoms. The van der Waals surface area contributed by atoms with E-state index in [0.29, 0.717) is 23.3 Å². The standard InChI is InChI=1S/C25H31N4O5P.C2H6.C2H4/c1-5-6-10-20-28-21-22(17-12-11-16(25(2,3)4)13-18(17)27-24(21)26)29(20)14-15-8-7-9-19(23(15)30)34-35(31,32)33;2*1-2/h7-9,11-13,30H,5-6,10,14H2,1-4H3,(H2,26,27)(H2,31,32,33);1-2H3;1-2H2. The van der Waals surface area contributed by atoms with Gasteiger partial charge in [0.2, 0.25) is 0 Å². The van der Waals surface area contributed by atoms with Crippen LogP contribution < -0.4 is 10.3 Å². The molecule has 10 heteroatoms. The van der Waals surface area contributed by atoms with Crippen molar-refractivity contribution in [3.8, 4) is 11.5 Å². The van der Waals surface area contributed by atoms with E-state index in [1.807, 2.05) is 30.5 Å². The number of unbranched alkanes of at least 4 members (excludes halogenated alkanes) is 1. The molecule has 0 atom stereocenters. The average Bonchev–Trinajstić information content (AvgIpc) is 3.25. The van der Waals surface area contributed by atoms with Gasteiger partial charge >= 0.3 is 7.82 Å². The molecule has 0 amide bonds. The molecular weight excluding hydrogens is 515 g/mol. The van der Waals surface area contributed by atoms with Gasteiger partial charge in [0.15, 0.2) is 17.3 Å². The molecular formula is C29H41N4O5P. The number of nitrogens with two attached hydrogens (primary N) is 1. The molecule has 0 aliphatic rings. The molecule has 0 saturated carbocycles. The lowest BCUT2D eigenvalue weighted by molar-refractivity contribution is 0.277. The molecule has 9 nitrogen and oxygen atoms in total. The molecule has 0 spiro atoms. The number of nitrogen functional groups attached to an aromatic ring is 1. The maximum Gasteiger partial charge on any atom is 0.524 e. The molecule has 4 aromatic rings. The minimum Gasteiger partial charge on any atom is -0.504 e. The van der Waals surface area contributed by atoms with Gasteiger partial charge in [-0.05, 0) is 29.5 Å². The summed E-state index contributed by atoms with van der Waals surface area (Å²) in [7, 11) is -4.83. The number of imidazole rings is 1. The highest BCUT2D eigenvalue weighted by atomic mass is 31.2. The Labute approximate surface area is 230 Å². The highest BCUT2D eigenvalue weighted by Crippen LogP contribution is 2.43. The van der Waals surface area contributed by atoms with Crippen molar-refractivity contribution in [2.45, 2.75) is 72.8 Å². The van der Waals surface area contributed by atoms with Gasteiger partial charge in [-0.1, -0.05) is 72.2 Å². The number of nitrogens with zero attached hydrogens (tertiary/aromatic N) is 3. The number of rotatable bonds is 7. The van der Waals surface area contributed by atoms with Crippen LogP contribution in [0.25, 0.3) is 21.9 Å². The van der Waals surface area contributed by atoms with Gasteiger partial charge in [0.1, 0.15) is 11.3 Å². The molecule has 0 fully saturated rings. The Morgan fingerprint density at radius 3 is 2.36 bits per heavy atom. The van der Waals surface area contributed by atoms with Crippen LogP contribution in [0.15, 0.2) is 49.6 Å². The van der Waals surface area contributed by atoms with Crippen LogP contribution in [0, 0.1) is 0 Å². The topological polar surface area (TPSA) is 144 Å². The Balaban J connectivity index is 0.00000127. The van der Waals surface area contributed by atoms with Crippen molar-refractivity contribution in [3.63, 3.8) is 0 Å². The van der Waals surface area contributed by atoms with Gasteiger partial charge in [-0.2, -0.15) is 0 Å². The van der Waals surface area contributed by atoms with Crippen molar-refractivity contribution in [2.24, 2.45) is 0 Å². The third-order valence-electron chi connectivity index (χ3n) is 6.03. The summed E-state index contributed by atoms with van der Waals surface area (Å²) >= 11 is 0. The number of anilines is 1. The fraction of sp³-hybridized carbons (Fsp3) is 0.379. The van der Waals surface area contributed by atoms with E-state index in [-0.39, 0.29) is 23.5 Å². The quantitative estimate of drug-likeness (QED) is 0.143. The van der Waals surface area contributed by atoms with E-state index in [1.54, 1.807) is 12.1 Å². The van der Waals surface area contributed by atoms with E-state index in [1.165, 1.54) is 6.07 Å². The summed E-state index contributed by atoms with van der Waals surface area (Å²) < 4.78 is 18.0. The number of phenols is 1. The Morgan fingerprint density at radius 1 is 1.10 bits per heavy atom. The summed E-state index contributed by atoms with van der Waals surface area (Å²) in [5.74, 6) is 0.512. The second kappa shape index (κ2) is 13.1. The second-order valence-electron chi connectivity index (χ2n) is 9.74. The number of phosphoric ester groups is 1. The number of hydrogen-bond donors (Lipinski definition) is 4. The molecule has 0 unspecified atom stereocenters. The first-order valence-electron chi connectivity index (χ1n) is 13.0. The van der Waals surface area contributed by atoms with Gasteiger partial charge < -0.3 is 19.9 Å². The summed E-state index contributed by atoms with van der Waals surface area (Å²) in [6, 6.07) is 10.7. The molecule has 2 heterocycles. The number of hydrogen-bond acceptors (Lipinski definition) is 6. The lowest BCUT2D eigenvalue weighted by Crippen LogP contribution is -2.11. The molecule has 4 rings (SSSR count). The van der Waals surface area contributed by atoms with Crippen molar-refractivity contribution < 1.29 is 24.0 Å². The number of aryl methyl sites for hydroxylation is 1. The van der Waals surface area contributed by atoms with Crippen LogP contribution >= 0.6 is 7.82 Å². The molecule has 5 N–H and O–H groups in total. The molecule has 0 saturated heterocycles. The molecule has 212 valence electrons. The zero-order chi connectivity index (χ0) is 29.5. The number of aromatic nitrogens is 3. The summed E-state index contributed by atoms with van der Waals surface area (Å²) in [5.41, 5.74) is 10.0. The van der Waals surface area contributed by atoms with Crippen LogP contribution in [0.1, 0.15) is 71.3 Å². The van der Waals surface area contributed by atoms with Gasteiger partial charge in [-0.25, -0.2) is 14.5 Å². The predicted octanol–water partition coefficient (Wildman–Crippen LogP) is 6.86. The maximum atomic E-state index is 11.3. The molecule has 2 aromatic carbocycles. The number of aromatic hydroxyl groups is 1. The zero-order valence-electron chi connectivity index (χ0n) is 23.7. The predicted molar refractivity (Wildman–Crippen MR) is 159 cm³/mol. The number of benzene rings is 2. The third-order valence-corrected chi connectivity index (χ3v) is 6.47. The molecule has 2 aromatic heterocycles. The van der Waals surface area contributed by atoms with Gasteiger partial charge in [0.25, 0.3) is 0 Å². The third kappa shape index (κ3) is 7.38. The first-order valence-corrected chi connectivity index (χ1v) is 14.6. The van der Waals surface area contributed by atoms with Crippen LogP contribution in [-0.2, 0) is 22.9 Å². The van der Waals surface area contributed by atoms with Crippen LogP contribution in [0.5, 0.6) is 11.5 Å². The normalized spacial score (nSPS) is 11.5. The van der Waals surface area contributed by atoms with Crippen LogP contribution in [0.4, 0.5) is 5.82 Å². The van der Waals surface area contributed by atoms with Crippen LogP contribution in [0.2, 0.25) is 0 Å². The van der Waals surface area contributed by atoms with E-state index in [2.05, 4.69) is 56.4 Å². The van der Waals surface area contributed by atoms with Crippen LogP contribution in [-0.4, -0.2) is 29.4 Å². The Morgan fingerprint density at radius 2 is 1.77 bits per heavy atom. The second-order valence-corrected chi connectivity index (χ2v) is 10.9. The van der Waals surface area contributed by atoms with Gasteiger partial charge in [-0.15, -0.1) is 13.2 Å². The monoisotopic (exact) mass is 556 g/mol. The molecule has 0 radical (unpaired) electrons. The summed E-state index contributed by atoms with van der Waals surface area (Å²) in [6.07, 6.45) is 2.59. The average molecular weight is 557 g/mol. The number of fused-ring (bicyclic) bond motifs is 3. The lowest BCUT2D eigenvalue weighted by atomic mass is 9.86. The Kier molecular flexibility index (Phi) is 10.7. The number of phenolic OH excluding ortho intramolecular Hbond substituents is 1. The van der Waals surface area contributed by atoms with Gasteiger partial charge in [-0.3, -0.25) is 9.79 Å². The Bertz CT molecular complexity index is 1470. The fourth-order valence-electron chi connectivity index (χ4n) is 4.19. The Hall–Kier alpha value is -3.39. The van der Waals surface area contributed by atoms with E-state index >= 15 is 0 Å². The van der Waals surface area contributed by atoms with E-state index < -0.39 is 7.82 Å². The van der Waals surface area contributed by atoms with E-state index in [4.69, 9.17) is 10.7 Å². The molecule has 0 bridgehead atoms. The van der Waals surface area contributed by atoms with Crippen LogP contribution in [0.3, 0.4) is 0 Å². The highest BCUT2D eigenvalue weighted by Gasteiger charge is 2.23. The largest absolute Gasteiger partial charge is 0.524 e.